The maximum atomic E-state index is 2.48. The summed E-state index contributed by atoms with van der Waals surface area (Å²) in [6.45, 7) is 4.82. The maximum absolute atomic E-state index is 2.48. The Labute approximate surface area is 473 Å². The van der Waals surface area contributed by atoms with E-state index in [9.17, 15) is 0 Å². The third kappa shape index (κ3) is 8.35. The number of hydrogen-bond acceptors (Lipinski definition) is 2. The average Bonchev–Trinajstić information content (AvgIpc) is 3.91. The lowest BCUT2D eigenvalue weighted by Gasteiger charge is -2.30. The molecule has 14 aromatic carbocycles. The lowest BCUT2D eigenvalue weighted by molar-refractivity contribution is 0.660. The van der Waals surface area contributed by atoms with Gasteiger partial charge in [0.05, 0.1) is 11.4 Å². The Morgan fingerprint density at radius 2 is 0.531 bits per heavy atom. The monoisotopic (exact) mass is 1030 g/mol. The quantitative estimate of drug-likeness (QED) is 0.126. The Morgan fingerprint density at radius 1 is 0.222 bits per heavy atom. The van der Waals surface area contributed by atoms with Crippen molar-refractivity contribution in [2.75, 3.05) is 9.80 Å². The Morgan fingerprint density at radius 3 is 0.926 bits per heavy atom. The summed E-state index contributed by atoms with van der Waals surface area (Å²) in [5.41, 5.74) is 21.1. The van der Waals surface area contributed by atoms with Gasteiger partial charge >= 0.3 is 0 Å². The van der Waals surface area contributed by atoms with Crippen LogP contribution in [0.2, 0.25) is 0 Å². The lowest BCUT2D eigenvalue weighted by atomic mass is 9.82. The Hall–Kier alpha value is -10.3. The van der Waals surface area contributed by atoms with E-state index < -0.39 is 0 Å². The molecule has 0 atom stereocenters. The van der Waals surface area contributed by atoms with E-state index in [1.165, 1.54) is 110 Å². The topological polar surface area (TPSA) is 6.48 Å². The Kier molecular flexibility index (Phi) is 11.6. The molecular weight excluding hydrogens is 977 g/mol. The highest BCUT2D eigenvalue weighted by atomic mass is 15.2. The predicted molar refractivity (Wildman–Crippen MR) is 345 cm³/mol. The molecule has 0 unspecified atom stereocenters. The molecular formula is C79H56N2. The van der Waals surface area contributed by atoms with Crippen molar-refractivity contribution >= 4 is 77.2 Å². The van der Waals surface area contributed by atoms with E-state index in [4.69, 9.17) is 0 Å². The van der Waals surface area contributed by atoms with Crippen LogP contribution < -0.4 is 9.80 Å². The highest BCUT2D eigenvalue weighted by Crippen LogP contribution is 2.54. The van der Waals surface area contributed by atoms with Gasteiger partial charge in [0, 0.05) is 38.9 Å². The van der Waals surface area contributed by atoms with Gasteiger partial charge in [-0.2, -0.15) is 0 Å². The van der Waals surface area contributed by atoms with E-state index in [1.807, 2.05) is 0 Å². The van der Waals surface area contributed by atoms with Gasteiger partial charge < -0.3 is 9.80 Å². The van der Waals surface area contributed by atoms with E-state index in [2.05, 4.69) is 327 Å². The van der Waals surface area contributed by atoms with Crippen molar-refractivity contribution < 1.29 is 0 Å². The molecule has 1 aliphatic carbocycles. The molecule has 0 amide bonds. The van der Waals surface area contributed by atoms with Gasteiger partial charge in [0.2, 0.25) is 0 Å². The minimum absolute atomic E-state index is 0.341. The van der Waals surface area contributed by atoms with Gasteiger partial charge in [0.1, 0.15) is 0 Å². The van der Waals surface area contributed by atoms with Crippen molar-refractivity contribution in [1.82, 2.24) is 0 Å². The third-order valence-corrected chi connectivity index (χ3v) is 17.0. The van der Waals surface area contributed by atoms with Crippen LogP contribution in [0, 0.1) is 0 Å². The molecule has 0 saturated heterocycles. The first kappa shape index (κ1) is 47.9. The van der Waals surface area contributed by atoms with Gasteiger partial charge in [-0.15, -0.1) is 0 Å². The van der Waals surface area contributed by atoms with Crippen molar-refractivity contribution in [2.45, 2.75) is 19.3 Å². The zero-order chi connectivity index (χ0) is 54.0. The van der Waals surface area contributed by atoms with Gasteiger partial charge in [-0.3, -0.25) is 0 Å². The maximum Gasteiger partial charge on any atom is 0.0546 e. The number of nitrogens with zero attached hydrogens (tertiary/aromatic N) is 2. The summed E-state index contributed by atoms with van der Waals surface area (Å²) in [5, 5.41) is 9.82. The van der Waals surface area contributed by atoms with Crippen molar-refractivity contribution in [3.63, 3.8) is 0 Å². The first-order valence-electron chi connectivity index (χ1n) is 28.1. The van der Waals surface area contributed by atoms with Gasteiger partial charge in [-0.1, -0.05) is 244 Å². The van der Waals surface area contributed by atoms with Crippen LogP contribution in [-0.2, 0) is 5.41 Å². The molecule has 81 heavy (non-hydrogen) atoms. The molecule has 0 saturated carbocycles. The molecule has 382 valence electrons. The summed E-state index contributed by atoms with van der Waals surface area (Å²) in [6, 6.07) is 112. The molecule has 14 aromatic rings. The van der Waals surface area contributed by atoms with Gasteiger partial charge in [-0.05, 0) is 172 Å². The van der Waals surface area contributed by atoms with Crippen LogP contribution in [0.1, 0.15) is 25.0 Å². The number of anilines is 6. The highest BCUT2D eigenvalue weighted by molar-refractivity contribution is 6.16. The standard InChI is InChI=1S/C79H56N2/c1-79(2)75-51-65(80(77-49-61-23-9-11-29-67(61)69-31-13-15-33-73(69)77)63-39-35-55(36-40-63)59-27-17-25-57(47-59)53-19-5-3-6-20-53)43-45-71(75)72-46-44-66(52-76(72)79)81(78-50-62-24-10-12-30-68(62)70-32-14-16-34-74(70)78)64-41-37-56(38-42-64)60-28-18-26-58(48-60)54-21-7-4-8-22-54/h3-52H,1-2H3. The molecule has 0 radical (unpaired) electrons. The van der Waals surface area contributed by atoms with Gasteiger partial charge in [0.15, 0.2) is 0 Å². The zero-order valence-electron chi connectivity index (χ0n) is 45.3. The van der Waals surface area contributed by atoms with E-state index >= 15 is 0 Å². The second-order valence-electron chi connectivity index (χ2n) is 22.1. The Bertz CT molecular complexity index is 4410. The smallest absolute Gasteiger partial charge is 0.0546 e. The summed E-state index contributed by atoms with van der Waals surface area (Å²) in [5.74, 6) is 0. The van der Waals surface area contributed by atoms with Gasteiger partial charge in [0.25, 0.3) is 0 Å². The van der Waals surface area contributed by atoms with Crippen molar-refractivity contribution in [3.8, 4) is 55.6 Å². The van der Waals surface area contributed by atoms with E-state index in [-0.39, 0.29) is 5.41 Å². The molecule has 0 fully saturated rings. The van der Waals surface area contributed by atoms with Crippen LogP contribution >= 0.6 is 0 Å². The van der Waals surface area contributed by atoms with Crippen LogP contribution in [-0.4, -0.2) is 0 Å². The summed E-state index contributed by atoms with van der Waals surface area (Å²) in [4.78, 5) is 4.97. The fourth-order valence-corrected chi connectivity index (χ4v) is 12.9. The highest BCUT2D eigenvalue weighted by Gasteiger charge is 2.37. The average molecular weight is 1030 g/mol. The minimum Gasteiger partial charge on any atom is -0.310 e. The normalized spacial score (nSPS) is 12.4. The summed E-state index contributed by atoms with van der Waals surface area (Å²) in [7, 11) is 0. The minimum atomic E-state index is -0.341. The fraction of sp³-hybridized carbons (Fsp3) is 0.0380. The lowest BCUT2D eigenvalue weighted by Crippen LogP contribution is -2.18. The molecule has 0 heterocycles. The van der Waals surface area contributed by atoms with Crippen molar-refractivity contribution in [1.29, 1.82) is 0 Å². The van der Waals surface area contributed by atoms with Crippen LogP contribution in [0.4, 0.5) is 34.1 Å². The second-order valence-corrected chi connectivity index (χ2v) is 22.1. The van der Waals surface area contributed by atoms with Gasteiger partial charge in [-0.25, -0.2) is 0 Å². The molecule has 2 heteroatoms. The molecule has 0 bridgehead atoms. The molecule has 0 aliphatic heterocycles. The van der Waals surface area contributed by atoms with Crippen molar-refractivity contribution in [3.05, 3.63) is 314 Å². The number of fused-ring (bicyclic) bond motifs is 9. The summed E-state index contributed by atoms with van der Waals surface area (Å²) in [6.07, 6.45) is 0. The molecule has 2 nitrogen and oxygen atoms in total. The number of benzene rings is 14. The van der Waals surface area contributed by atoms with E-state index in [0.29, 0.717) is 0 Å². The zero-order valence-corrected chi connectivity index (χ0v) is 45.3. The van der Waals surface area contributed by atoms with Crippen molar-refractivity contribution in [2.24, 2.45) is 0 Å². The molecule has 0 N–H and O–H groups in total. The van der Waals surface area contributed by atoms with Crippen LogP contribution in [0.5, 0.6) is 0 Å². The van der Waals surface area contributed by atoms with E-state index in [1.54, 1.807) is 0 Å². The first-order valence-corrected chi connectivity index (χ1v) is 28.1. The SMILES string of the molecule is CC1(C)c2cc(N(c3ccc(-c4cccc(-c5ccccc5)c4)cc3)c3cc4ccccc4c4ccccc34)ccc2-c2ccc(N(c3ccc(-c4cccc(-c5ccccc5)c4)cc3)c3cc4ccccc4c4ccccc34)cc21. The molecule has 15 rings (SSSR count). The molecule has 0 spiro atoms. The fourth-order valence-electron chi connectivity index (χ4n) is 12.9. The Balaban J connectivity index is 0.854. The summed E-state index contributed by atoms with van der Waals surface area (Å²) >= 11 is 0. The molecule has 0 aromatic heterocycles. The second kappa shape index (κ2) is 19.6. The third-order valence-electron chi connectivity index (χ3n) is 17.0. The summed E-state index contributed by atoms with van der Waals surface area (Å²) < 4.78 is 0. The number of hydrogen-bond donors (Lipinski definition) is 0. The number of rotatable bonds is 10. The largest absolute Gasteiger partial charge is 0.310 e. The predicted octanol–water partition coefficient (Wildman–Crippen LogP) is 22.2. The van der Waals surface area contributed by atoms with Crippen LogP contribution in [0.25, 0.3) is 98.7 Å². The first-order chi connectivity index (χ1) is 39.9. The molecule has 1 aliphatic rings. The van der Waals surface area contributed by atoms with Crippen LogP contribution in [0.15, 0.2) is 303 Å². The van der Waals surface area contributed by atoms with E-state index in [0.717, 1.165) is 34.1 Å². The van der Waals surface area contributed by atoms with Crippen LogP contribution in [0.3, 0.4) is 0 Å².